The molecule has 0 aliphatic carbocycles. The van der Waals surface area contributed by atoms with E-state index in [4.69, 9.17) is 9.15 Å². The maximum Gasteiger partial charge on any atom is 1.00 e. The van der Waals surface area contributed by atoms with Crippen LogP contribution in [0, 0.1) is 0 Å². The Morgan fingerprint density at radius 3 is 0.545 bits per heavy atom. The van der Waals surface area contributed by atoms with Gasteiger partial charge < -0.3 is 7.56 Å². The average Bonchev–Trinajstić information content (AvgIpc) is 1.00. The second-order valence-corrected chi connectivity index (χ2v) is 0. The molecule has 0 aliphatic heterocycles. The Kier molecular flexibility index (Phi) is 2200. The number of rotatable bonds is 0. The number of halogens is 3. The van der Waals surface area contributed by atoms with E-state index in [-0.39, 0.29) is 136 Å². The van der Waals surface area contributed by atoms with Crippen LogP contribution < -0.4 is 118 Å². The second kappa shape index (κ2) is 180. The summed E-state index contributed by atoms with van der Waals surface area (Å²) < 4.78 is 16.0. The molecule has 0 saturated heterocycles. The smallest absolute Gasteiger partial charge is 1.00 e. The van der Waals surface area contributed by atoms with Gasteiger partial charge in [0.25, 0.3) is 0 Å². The van der Waals surface area contributed by atoms with Crippen LogP contribution in [0.25, 0.3) is 0 Å². The van der Waals surface area contributed by atoms with Crippen LogP contribution in [-0.4, -0.2) is 0 Å². The Labute approximate surface area is 143 Å². The van der Waals surface area contributed by atoms with E-state index >= 15 is 0 Å². The molecule has 0 heterocycles. The molecule has 0 atom stereocenters. The molecule has 0 nitrogen and oxygen atoms in total. The summed E-state index contributed by atoms with van der Waals surface area (Å²) in [7, 11) is 0. The molecule has 0 radical (unpaired) electrons. The Balaban J connectivity index is -0.0000000000909. The second-order valence-electron chi connectivity index (χ2n) is 0. The maximum absolute atomic E-state index is 8.00. The molecule has 0 rings (SSSR count). The van der Waals surface area contributed by atoms with E-state index in [9.17, 15) is 0 Å². The van der Waals surface area contributed by atoms with E-state index in [1.807, 2.05) is 0 Å². The minimum absolute atomic E-state index is 0. The summed E-state index contributed by atoms with van der Waals surface area (Å²) >= 11 is 0. The van der Waals surface area contributed by atoms with E-state index in [1.54, 1.807) is 0 Å². The van der Waals surface area contributed by atoms with Crippen molar-refractivity contribution in [1.82, 2.24) is 0 Å². The van der Waals surface area contributed by atoms with Crippen LogP contribution in [0.4, 0.5) is 9.15 Å². The third kappa shape index (κ3) is 152. The van der Waals surface area contributed by atoms with Crippen molar-refractivity contribution in [3.8, 4) is 0 Å². The summed E-state index contributed by atoms with van der Waals surface area (Å²) in [5.74, 6) is 0. The van der Waals surface area contributed by atoms with Gasteiger partial charge in [0, 0.05) is 9.15 Å². The first-order valence-corrected chi connectivity index (χ1v) is 0.143. The topological polar surface area (TPSA) is 0 Å². The fourth-order valence-electron chi connectivity index (χ4n) is 0. The van der Waals surface area contributed by atoms with Gasteiger partial charge in [0.15, 0.2) is 0 Å². The Hall–Kier alpha value is 3.37. The minimum atomic E-state index is 0. The van der Waals surface area contributed by atoms with Gasteiger partial charge in [-0.2, -0.15) is 0 Å². The van der Waals surface area contributed by atoms with Crippen LogP contribution in [-0.2, 0) is 0 Å². The van der Waals surface area contributed by atoms with Gasteiger partial charge in [0.1, 0.15) is 0 Å². The SMILES string of the molecule is C.C.FF.[F-].[H-].[H-].[Li+].[Li+].[Li+].[Li+].[Li+].[Li+]. The molecule has 0 bridgehead atoms. The first-order chi connectivity index (χ1) is 1.00. The molecular formula is C2H10F3Li6+3. The summed E-state index contributed by atoms with van der Waals surface area (Å²) in [6.07, 6.45) is 0. The number of hydrogen-bond donors (Lipinski definition) is 0. The van der Waals surface area contributed by atoms with E-state index < -0.39 is 0 Å². The van der Waals surface area contributed by atoms with Crippen molar-refractivity contribution in [3.05, 3.63) is 0 Å². The van der Waals surface area contributed by atoms with Crippen molar-refractivity contribution in [1.29, 1.82) is 0 Å². The minimum Gasteiger partial charge on any atom is -1.00 e. The molecule has 11 heavy (non-hydrogen) atoms. The van der Waals surface area contributed by atoms with Gasteiger partial charge in [-0.15, -0.1) is 0 Å². The molecular weight excluding hydrogens is 123 g/mol. The Bertz CT molecular complexity index is 23.8. The molecule has 0 aromatic heterocycles. The largest absolute Gasteiger partial charge is 1.00 e. The van der Waals surface area contributed by atoms with Crippen molar-refractivity contribution in [2.75, 3.05) is 0 Å². The van der Waals surface area contributed by atoms with Crippen LogP contribution >= 0.6 is 0 Å². The van der Waals surface area contributed by atoms with Gasteiger partial charge in [-0.25, -0.2) is 0 Å². The van der Waals surface area contributed by atoms with E-state index in [0.717, 1.165) is 0 Å². The molecule has 0 amide bonds. The van der Waals surface area contributed by atoms with Crippen molar-refractivity contribution in [3.63, 3.8) is 0 Å². The predicted octanol–water partition coefficient (Wildman–Crippen LogP) is -18.6. The summed E-state index contributed by atoms with van der Waals surface area (Å²) in [6.45, 7) is 0. The van der Waals surface area contributed by atoms with Crippen LogP contribution in [0.15, 0.2) is 0 Å². The molecule has 0 spiro atoms. The monoisotopic (exact) mass is 133 g/mol. The van der Waals surface area contributed by atoms with Crippen LogP contribution in [0.1, 0.15) is 17.7 Å². The molecule has 0 N–H and O–H groups in total. The van der Waals surface area contributed by atoms with Gasteiger partial charge in [0.2, 0.25) is 0 Å². The molecule has 0 fully saturated rings. The third-order valence-corrected chi connectivity index (χ3v) is 0. The van der Waals surface area contributed by atoms with Crippen molar-refractivity contribution < 1.29 is 130 Å². The van der Waals surface area contributed by atoms with Gasteiger partial charge in [-0.1, -0.05) is 14.9 Å². The van der Waals surface area contributed by atoms with E-state index in [1.165, 1.54) is 0 Å². The molecule has 0 unspecified atom stereocenters. The molecule has 42 valence electrons. The number of hydrogen-bond acceptors (Lipinski definition) is 0. The summed E-state index contributed by atoms with van der Waals surface area (Å²) in [5.41, 5.74) is 0. The zero-order valence-electron chi connectivity index (χ0n) is 9.13. The zero-order valence-corrected chi connectivity index (χ0v) is 7.13. The van der Waals surface area contributed by atoms with E-state index in [2.05, 4.69) is 0 Å². The van der Waals surface area contributed by atoms with Crippen LogP contribution in [0.5, 0.6) is 0 Å². The molecule has 0 saturated carbocycles. The zero-order chi connectivity index (χ0) is 2.00. The predicted molar refractivity (Wildman–Crippen MR) is 17.9 cm³/mol. The Morgan fingerprint density at radius 2 is 0.545 bits per heavy atom. The van der Waals surface area contributed by atoms with Crippen molar-refractivity contribution in [2.24, 2.45) is 0 Å². The first kappa shape index (κ1) is 134. The normalized spacial score (nSPS) is 0.545. The molecule has 0 aromatic rings. The van der Waals surface area contributed by atoms with Crippen molar-refractivity contribution in [2.45, 2.75) is 14.9 Å². The molecule has 0 aromatic carbocycles. The molecule has 0 aliphatic rings. The third-order valence-electron chi connectivity index (χ3n) is 0. The molecule has 9 heteroatoms. The van der Waals surface area contributed by atoms with Gasteiger partial charge in [-0.3, -0.25) is 0 Å². The quantitative estimate of drug-likeness (QED) is 0.288. The van der Waals surface area contributed by atoms with Gasteiger partial charge in [-0.05, 0) is 0 Å². The van der Waals surface area contributed by atoms with Gasteiger partial charge in [0.05, 0.1) is 0 Å². The van der Waals surface area contributed by atoms with Crippen molar-refractivity contribution >= 4 is 0 Å². The van der Waals surface area contributed by atoms with Crippen LogP contribution in [0.3, 0.4) is 0 Å². The standard InChI is InChI=1S/2CH4.F2.FH.6Li.2H/c;;1-2;;;;;;;;;/h2*1H4;;1H;;;;;;;;/q;;;;6*+1;2*-1/p-1. The summed E-state index contributed by atoms with van der Waals surface area (Å²) in [4.78, 5) is 0. The van der Waals surface area contributed by atoms with Crippen LogP contribution in [0.2, 0.25) is 0 Å². The van der Waals surface area contributed by atoms with Gasteiger partial charge >= 0.3 is 113 Å². The van der Waals surface area contributed by atoms with E-state index in [0.29, 0.717) is 0 Å². The fourth-order valence-corrected chi connectivity index (χ4v) is 0. The Morgan fingerprint density at radius 1 is 0.545 bits per heavy atom. The average molecular weight is 133 g/mol. The fraction of sp³-hybridized carbons (Fsp3) is 1.00. The summed E-state index contributed by atoms with van der Waals surface area (Å²) in [6, 6.07) is 0. The first-order valence-electron chi connectivity index (χ1n) is 0.143. The maximum atomic E-state index is 8.00. The summed E-state index contributed by atoms with van der Waals surface area (Å²) in [5, 5.41) is 0.